The van der Waals surface area contributed by atoms with E-state index in [4.69, 9.17) is 4.74 Å². The van der Waals surface area contributed by atoms with Crippen molar-refractivity contribution in [3.05, 3.63) is 95.6 Å². The molecule has 0 radical (unpaired) electrons. The molecule has 3 aromatic rings. The van der Waals surface area contributed by atoms with Crippen LogP contribution in [0.5, 0.6) is 5.75 Å². The third-order valence-corrected chi connectivity index (χ3v) is 5.07. The van der Waals surface area contributed by atoms with Crippen LogP contribution >= 0.6 is 0 Å². The highest BCUT2D eigenvalue weighted by atomic mass is 16.5. The second-order valence-electron chi connectivity index (χ2n) is 6.71. The van der Waals surface area contributed by atoms with Crippen molar-refractivity contribution in [2.75, 3.05) is 11.9 Å². The molecule has 0 amide bonds. The second kappa shape index (κ2) is 7.02. The minimum atomic E-state index is 0.536. The Bertz CT molecular complexity index is 801. The van der Waals surface area contributed by atoms with E-state index >= 15 is 0 Å². The first-order valence-electron chi connectivity index (χ1n) is 8.86. The molecule has 0 atom stereocenters. The number of rotatable bonds is 5. The van der Waals surface area contributed by atoms with Crippen molar-refractivity contribution in [3.8, 4) is 5.75 Å². The maximum Gasteiger partial charge on any atom is 0.119 e. The fraction of sp³-hybridized carbons (Fsp3) is 0.217. The molecule has 0 saturated heterocycles. The summed E-state index contributed by atoms with van der Waals surface area (Å²) in [6, 6.07) is 28.0. The average Bonchev–Trinajstić information content (AvgIpc) is 3.11. The Labute approximate surface area is 149 Å². The van der Waals surface area contributed by atoms with Crippen molar-refractivity contribution in [2.24, 2.45) is 0 Å². The predicted octanol–water partition coefficient (Wildman–Crippen LogP) is 4.87. The lowest BCUT2D eigenvalue weighted by atomic mass is 10.1. The molecule has 1 aliphatic carbocycles. The quantitative estimate of drug-likeness (QED) is 0.662. The molecule has 2 heteroatoms. The van der Waals surface area contributed by atoms with Gasteiger partial charge in [-0.15, -0.1) is 0 Å². The van der Waals surface area contributed by atoms with Gasteiger partial charge in [-0.3, -0.25) is 0 Å². The summed E-state index contributed by atoms with van der Waals surface area (Å²) in [5.41, 5.74) is 5.40. The number of benzene rings is 3. The molecule has 0 aromatic heterocycles. The first-order chi connectivity index (χ1) is 12.3. The monoisotopic (exact) mass is 329 g/mol. The third kappa shape index (κ3) is 3.53. The van der Waals surface area contributed by atoms with E-state index in [1.807, 2.05) is 18.2 Å². The van der Waals surface area contributed by atoms with Crippen LogP contribution in [0.1, 0.15) is 16.7 Å². The van der Waals surface area contributed by atoms with E-state index < -0.39 is 0 Å². The molecule has 0 N–H and O–H groups in total. The molecular weight excluding hydrogens is 306 g/mol. The number of ether oxygens (including phenoxy) is 1. The maximum atomic E-state index is 5.88. The van der Waals surface area contributed by atoms with Crippen LogP contribution in [-0.4, -0.2) is 13.1 Å². The fourth-order valence-corrected chi connectivity index (χ4v) is 3.54. The van der Waals surface area contributed by atoms with E-state index in [9.17, 15) is 0 Å². The van der Waals surface area contributed by atoms with Gasteiger partial charge in [-0.1, -0.05) is 54.6 Å². The van der Waals surface area contributed by atoms with Crippen molar-refractivity contribution < 1.29 is 4.74 Å². The Morgan fingerprint density at radius 2 is 1.40 bits per heavy atom. The lowest BCUT2D eigenvalue weighted by Gasteiger charge is -2.26. The van der Waals surface area contributed by atoms with Gasteiger partial charge in [0.2, 0.25) is 0 Å². The van der Waals surface area contributed by atoms with E-state index in [0.717, 1.165) is 18.6 Å². The summed E-state index contributed by atoms with van der Waals surface area (Å²) in [4.78, 5) is 2.39. The van der Waals surface area contributed by atoms with E-state index in [1.165, 1.54) is 22.4 Å². The van der Waals surface area contributed by atoms with Crippen LogP contribution in [0.15, 0.2) is 78.9 Å². The van der Waals surface area contributed by atoms with Gasteiger partial charge in [0.15, 0.2) is 0 Å². The van der Waals surface area contributed by atoms with Crippen molar-refractivity contribution in [1.82, 2.24) is 0 Å². The number of hydrogen-bond acceptors (Lipinski definition) is 2. The first-order valence-corrected chi connectivity index (χ1v) is 8.86. The summed E-state index contributed by atoms with van der Waals surface area (Å²) < 4.78 is 5.88. The van der Waals surface area contributed by atoms with E-state index in [2.05, 4.69) is 72.6 Å². The summed E-state index contributed by atoms with van der Waals surface area (Å²) >= 11 is 0. The van der Waals surface area contributed by atoms with Gasteiger partial charge in [0.25, 0.3) is 0 Å². The predicted molar refractivity (Wildman–Crippen MR) is 103 cm³/mol. The van der Waals surface area contributed by atoms with Gasteiger partial charge in [-0.2, -0.15) is 0 Å². The highest BCUT2D eigenvalue weighted by Crippen LogP contribution is 2.28. The van der Waals surface area contributed by atoms with Crippen LogP contribution in [0.2, 0.25) is 0 Å². The molecule has 126 valence electrons. The second-order valence-corrected chi connectivity index (χ2v) is 6.71. The number of nitrogens with zero attached hydrogens (tertiary/aromatic N) is 1. The van der Waals surface area contributed by atoms with E-state index in [0.29, 0.717) is 12.6 Å². The number of anilines is 1. The molecule has 25 heavy (non-hydrogen) atoms. The Kier molecular flexibility index (Phi) is 4.43. The lowest BCUT2D eigenvalue weighted by molar-refractivity contribution is 0.306. The van der Waals surface area contributed by atoms with E-state index in [-0.39, 0.29) is 0 Å². The summed E-state index contributed by atoms with van der Waals surface area (Å²) in [5.74, 6) is 0.913. The lowest BCUT2D eigenvalue weighted by Crippen LogP contribution is -2.31. The van der Waals surface area contributed by atoms with Crippen LogP contribution < -0.4 is 9.64 Å². The Balaban J connectivity index is 1.39. The largest absolute Gasteiger partial charge is 0.489 e. The van der Waals surface area contributed by atoms with Gasteiger partial charge in [0.05, 0.1) is 0 Å². The van der Waals surface area contributed by atoms with Gasteiger partial charge in [0, 0.05) is 18.8 Å². The average molecular weight is 329 g/mol. The van der Waals surface area contributed by atoms with Gasteiger partial charge < -0.3 is 9.64 Å². The molecule has 0 saturated carbocycles. The molecule has 0 spiro atoms. The summed E-state index contributed by atoms with van der Waals surface area (Å²) in [5, 5.41) is 0. The zero-order chi connectivity index (χ0) is 17.1. The smallest absolute Gasteiger partial charge is 0.119 e. The molecule has 3 aromatic carbocycles. The van der Waals surface area contributed by atoms with Crippen LogP contribution in [0.4, 0.5) is 5.69 Å². The van der Waals surface area contributed by atoms with Gasteiger partial charge in [0.1, 0.15) is 12.4 Å². The summed E-state index contributed by atoms with van der Waals surface area (Å²) in [7, 11) is 2.19. The first kappa shape index (κ1) is 15.8. The van der Waals surface area contributed by atoms with Crippen molar-refractivity contribution in [1.29, 1.82) is 0 Å². The van der Waals surface area contributed by atoms with Crippen molar-refractivity contribution in [3.63, 3.8) is 0 Å². The molecular formula is C23H23NO. The third-order valence-electron chi connectivity index (χ3n) is 5.07. The number of hydrogen-bond donors (Lipinski definition) is 0. The molecule has 0 aliphatic heterocycles. The SMILES string of the molecule is CN(c1ccc(OCc2ccccc2)cc1)C1Cc2ccccc2C1. The fourth-order valence-electron chi connectivity index (χ4n) is 3.54. The van der Waals surface area contributed by atoms with Gasteiger partial charge in [-0.05, 0) is 53.8 Å². The number of fused-ring (bicyclic) bond motifs is 1. The van der Waals surface area contributed by atoms with Crippen LogP contribution in [0.25, 0.3) is 0 Å². The highest BCUT2D eigenvalue weighted by Gasteiger charge is 2.24. The number of likely N-dealkylation sites (N-methyl/N-ethyl adjacent to an activating group) is 1. The summed E-state index contributed by atoms with van der Waals surface area (Å²) in [6.07, 6.45) is 2.25. The Morgan fingerprint density at radius 1 is 0.800 bits per heavy atom. The highest BCUT2D eigenvalue weighted by molar-refractivity contribution is 5.51. The standard InChI is InChI=1S/C23H23NO/c1-24(22-15-19-9-5-6-10-20(19)16-22)21-11-13-23(14-12-21)25-17-18-7-3-2-4-8-18/h2-14,22H,15-17H2,1H3. The Morgan fingerprint density at radius 3 is 2.04 bits per heavy atom. The Hall–Kier alpha value is -2.74. The topological polar surface area (TPSA) is 12.5 Å². The molecule has 0 heterocycles. The molecule has 0 fully saturated rings. The molecule has 0 unspecified atom stereocenters. The van der Waals surface area contributed by atoms with Gasteiger partial charge in [-0.25, -0.2) is 0 Å². The molecule has 0 bridgehead atoms. The minimum absolute atomic E-state index is 0.536. The van der Waals surface area contributed by atoms with Gasteiger partial charge >= 0.3 is 0 Å². The van der Waals surface area contributed by atoms with Crippen molar-refractivity contribution in [2.45, 2.75) is 25.5 Å². The summed E-state index contributed by atoms with van der Waals surface area (Å²) in [6.45, 7) is 0.605. The normalized spacial score (nSPS) is 13.5. The maximum absolute atomic E-state index is 5.88. The molecule has 1 aliphatic rings. The van der Waals surface area contributed by atoms with Crippen LogP contribution in [0, 0.1) is 0 Å². The molecule has 4 rings (SSSR count). The minimum Gasteiger partial charge on any atom is -0.489 e. The molecule has 2 nitrogen and oxygen atoms in total. The van der Waals surface area contributed by atoms with E-state index in [1.54, 1.807) is 0 Å². The zero-order valence-corrected chi connectivity index (χ0v) is 14.6. The van der Waals surface area contributed by atoms with Crippen molar-refractivity contribution >= 4 is 5.69 Å². The van der Waals surface area contributed by atoms with Crippen LogP contribution in [0.3, 0.4) is 0 Å². The van der Waals surface area contributed by atoms with Crippen LogP contribution in [-0.2, 0) is 19.4 Å². The zero-order valence-electron chi connectivity index (χ0n) is 14.6.